The third kappa shape index (κ3) is 3.67. The number of nitrogens with one attached hydrogen (secondary N) is 1. The molecule has 0 aliphatic heterocycles. The van der Waals surface area contributed by atoms with Crippen molar-refractivity contribution >= 4 is 11.5 Å². The normalized spacial score (nSPS) is 12.5. The molecule has 1 aromatic rings. The van der Waals surface area contributed by atoms with E-state index in [4.69, 9.17) is 5.73 Å². The summed E-state index contributed by atoms with van der Waals surface area (Å²) < 4.78 is 0. The van der Waals surface area contributed by atoms with Crippen LogP contribution in [-0.4, -0.2) is 22.5 Å². The first-order valence-electron chi connectivity index (χ1n) is 5.52. The summed E-state index contributed by atoms with van der Waals surface area (Å²) in [6.45, 7) is 6.24. The Morgan fingerprint density at radius 3 is 2.76 bits per heavy atom. The second kappa shape index (κ2) is 5.58. The first kappa shape index (κ1) is 13.4. The highest BCUT2D eigenvalue weighted by molar-refractivity contribution is 5.56. The van der Waals surface area contributed by atoms with Crippen molar-refractivity contribution in [2.24, 2.45) is 11.7 Å². The molecule has 1 unspecified atom stereocenters. The van der Waals surface area contributed by atoms with E-state index in [0.717, 1.165) is 5.56 Å². The molecule has 0 amide bonds. The fourth-order valence-corrected chi connectivity index (χ4v) is 1.28. The summed E-state index contributed by atoms with van der Waals surface area (Å²) >= 11 is 0. The predicted molar refractivity (Wildman–Crippen MR) is 66.9 cm³/mol. The molecule has 0 aliphatic carbocycles. The van der Waals surface area contributed by atoms with E-state index in [1.807, 2.05) is 13.8 Å². The van der Waals surface area contributed by atoms with Gasteiger partial charge in [-0.2, -0.15) is 0 Å². The van der Waals surface area contributed by atoms with Gasteiger partial charge in [0.05, 0.1) is 4.92 Å². The highest BCUT2D eigenvalue weighted by Gasteiger charge is 2.16. The van der Waals surface area contributed by atoms with Crippen molar-refractivity contribution < 1.29 is 4.92 Å². The molecule has 0 spiro atoms. The van der Waals surface area contributed by atoms with E-state index in [2.05, 4.69) is 10.3 Å². The Balaban J connectivity index is 2.80. The van der Waals surface area contributed by atoms with Crippen LogP contribution >= 0.6 is 0 Å². The molecule has 6 heteroatoms. The standard InChI is InChI=1S/C11H18N4O2/c1-7(2)9(12)6-14-11-10(15(16)17)4-8(3)5-13-11/h4-5,7,9H,6,12H2,1-3H3,(H,13,14). The maximum Gasteiger partial charge on any atom is 0.311 e. The molecule has 0 radical (unpaired) electrons. The van der Waals surface area contributed by atoms with Crippen molar-refractivity contribution in [3.63, 3.8) is 0 Å². The molecule has 3 N–H and O–H groups in total. The third-order valence-corrected chi connectivity index (χ3v) is 2.56. The second-order valence-corrected chi connectivity index (χ2v) is 4.43. The molecule has 1 atom stereocenters. The van der Waals surface area contributed by atoms with Gasteiger partial charge < -0.3 is 11.1 Å². The van der Waals surface area contributed by atoms with Crippen LogP contribution in [-0.2, 0) is 0 Å². The van der Waals surface area contributed by atoms with Crippen LogP contribution < -0.4 is 11.1 Å². The number of nitrogens with two attached hydrogens (primary N) is 1. The van der Waals surface area contributed by atoms with Gasteiger partial charge >= 0.3 is 5.69 Å². The predicted octanol–water partition coefficient (Wildman–Crippen LogP) is 1.69. The molecule has 1 rings (SSSR count). The summed E-state index contributed by atoms with van der Waals surface area (Å²) in [5.74, 6) is 0.587. The Morgan fingerprint density at radius 1 is 1.59 bits per heavy atom. The lowest BCUT2D eigenvalue weighted by Crippen LogP contribution is -2.34. The highest BCUT2D eigenvalue weighted by Crippen LogP contribution is 2.22. The molecule has 0 bridgehead atoms. The quantitative estimate of drug-likeness (QED) is 0.601. The molecule has 17 heavy (non-hydrogen) atoms. The van der Waals surface area contributed by atoms with E-state index in [1.165, 1.54) is 6.07 Å². The van der Waals surface area contributed by atoms with Gasteiger partial charge in [0.25, 0.3) is 0 Å². The number of hydrogen-bond acceptors (Lipinski definition) is 5. The highest BCUT2D eigenvalue weighted by atomic mass is 16.6. The minimum Gasteiger partial charge on any atom is -0.363 e. The Labute approximate surface area is 100 Å². The van der Waals surface area contributed by atoms with Crippen LogP contribution in [0, 0.1) is 23.0 Å². The van der Waals surface area contributed by atoms with Crippen molar-refractivity contribution in [2.45, 2.75) is 26.8 Å². The molecule has 0 aromatic carbocycles. The van der Waals surface area contributed by atoms with E-state index in [0.29, 0.717) is 12.5 Å². The molecular formula is C11H18N4O2. The number of hydrogen-bond donors (Lipinski definition) is 2. The first-order chi connectivity index (χ1) is 7.91. The zero-order valence-corrected chi connectivity index (χ0v) is 10.3. The Hall–Kier alpha value is -1.69. The van der Waals surface area contributed by atoms with Crippen molar-refractivity contribution in [1.82, 2.24) is 4.98 Å². The van der Waals surface area contributed by atoms with Gasteiger partial charge in [0, 0.05) is 24.8 Å². The number of anilines is 1. The second-order valence-electron chi connectivity index (χ2n) is 4.43. The summed E-state index contributed by atoms with van der Waals surface area (Å²) in [6, 6.07) is 1.44. The summed E-state index contributed by atoms with van der Waals surface area (Å²) in [5, 5.41) is 13.8. The third-order valence-electron chi connectivity index (χ3n) is 2.56. The van der Waals surface area contributed by atoms with E-state index in [1.54, 1.807) is 13.1 Å². The van der Waals surface area contributed by atoms with E-state index in [9.17, 15) is 10.1 Å². The first-order valence-corrected chi connectivity index (χ1v) is 5.52. The van der Waals surface area contributed by atoms with Gasteiger partial charge in [-0.3, -0.25) is 10.1 Å². The Morgan fingerprint density at radius 2 is 2.24 bits per heavy atom. The smallest absolute Gasteiger partial charge is 0.311 e. The number of aryl methyl sites for hydroxylation is 1. The van der Waals surface area contributed by atoms with Crippen LogP contribution in [0.4, 0.5) is 11.5 Å². The monoisotopic (exact) mass is 238 g/mol. The Bertz CT molecular complexity index is 406. The SMILES string of the molecule is Cc1cnc(NCC(N)C(C)C)c([N+](=O)[O-])c1. The largest absolute Gasteiger partial charge is 0.363 e. The summed E-state index contributed by atoms with van der Waals surface area (Å²) in [6.07, 6.45) is 1.59. The van der Waals surface area contributed by atoms with Crippen molar-refractivity contribution in [3.8, 4) is 0 Å². The fraction of sp³-hybridized carbons (Fsp3) is 0.545. The lowest BCUT2D eigenvalue weighted by molar-refractivity contribution is -0.384. The summed E-state index contributed by atoms with van der Waals surface area (Å²) in [4.78, 5) is 14.4. The maximum atomic E-state index is 10.8. The number of pyridine rings is 1. The van der Waals surface area contributed by atoms with Crippen molar-refractivity contribution in [2.75, 3.05) is 11.9 Å². The van der Waals surface area contributed by atoms with E-state index >= 15 is 0 Å². The zero-order valence-electron chi connectivity index (χ0n) is 10.3. The van der Waals surface area contributed by atoms with Gasteiger partial charge in [-0.1, -0.05) is 13.8 Å². The van der Waals surface area contributed by atoms with Crippen LogP contribution in [0.15, 0.2) is 12.3 Å². The minimum atomic E-state index is -0.441. The van der Waals surface area contributed by atoms with Crippen molar-refractivity contribution in [1.29, 1.82) is 0 Å². The van der Waals surface area contributed by atoms with Gasteiger partial charge in [0.2, 0.25) is 5.82 Å². The van der Waals surface area contributed by atoms with E-state index in [-0.39, 0.29) is 17.5 Å². The fourth-order valence-electron chi connectivity index (χ4n) is 1.28. The average Bonchev–Trinajstić information content (AvgIpc) is 2.26. The number of nitrogens with zero attached hydrogens (tertiary/aromatic N) is 2. The number of aromatic nitrogens is 1. The number of nitro groups is 1. The molecule has 6 nitrogen and oxygen atoms in total. The van der Waals surface area contributed by atoms with Crippen LogP contribution in [0.2, 0.25) is 0 Å². The van der Waals surface area contributed by atoms with Gasteiger partial charge in [-0.05, 0) is 18.4 Å². The molecular weight excluding hydrogens is 220 g/mol. The average molecular weight is 238 g/mol. The van der Waals surface area contributed by atoms with Gasteiger partial charge in [0.1, 0.15) is 0 Å². The van der Waals surface area contributed by atoms with E-state index < -0.39 is 4.92 Å². The summed E-state index contributed by atoms with van der Waals surface area (Å²) in [7, 11) is 0. The number of rotatable bonds is 5. The summed E-state index contributed by atoms with van der Waals surface area (Å²) in [5.41, 5.74) is 6.61. The topological polar surface area (TPSA) is 94.1 Å². The Kier molecular flexibility index (Phi) is 4.39. The molecule has 1 heterocycles. The lowest BCUT2D eigenvalue weighted by atomic mass is 10.1. The van der Waals surface area contributed by atoms with Crippen LogP contribution in [0.1, 0.15) is 19.4 Å². The van der Waals surface area contributed by atoms with Crippen LogP contribution in [0.3, 0.4) is 0 Å². The van der Waals surface area contributed by atoms with Gasteiger partial charge in [-0.15, -0.1) is 0 Å². The molecule has 94 valence electrons. The maximum absolute atomic E-state index is 10.8. The van der Waals surface area contributed by atoms with Crippen LogP contribution in [0.5, 0.6) is 0 Å². The molecule has 0 saturated heterocycles. The lowest BCUT2D eigenvalue weighted by Gasteiger charge is -2.16. The molecule has 0 fully saturated rings. The minimum absolute atomic E-state index is 0.0130. The van der Waals surface area contributed by atoms with Gasteiger partial charge in [0.15, 0.2) is 0 Å². The van der Waals surface area contributed by atoms with Crippen LogP contribution in [0.25, 0.3) is 0 Å². The van der Waals surface area contributed by atoms with Crippen molar-refractivity contribution in [3.05, 3.63) is 27.9 Å². The van der Waals surface area contributed by atoms with Gasteiger partial charge in [-0.25, -0.2) is 4.98 Å². The molecule has 0 aliphatic rings. The zero-order chi connectivity index (χ0) is 13.0. The molecule has 1 aromatic heterocycles. The molecule has 0 saturated carbocycles.